The number of halogens is 3. The number of piperazine rings is 1. The van der Waals surface area contributed by atoms with Crippen molar-refractivity contribution in [3.8, 4) is 0 Å². The number of hydrogen-bond acceptors (Lipinski definition) is 2. The maximum Gasteiger partial charge on any atom is 0.0670 e. The van der Waals surface area contributed by atoms with E-state index < -0.39 is 0 Å². The van der Waals surface area contributed by atoms with Crippen LogP contribution in [-0.4, -0.2) is 31.1 Å². The summed E-state index contributed by atoms with van der Waals surface area (Å²) in [6, 6.07) is 24.8. The molecule has 0 radical (unpaired) electrons. The van der Waals surface area contributed by atoms with E-state index in [0.29, 0.717) is 16.0 Å². The predicted octanol–water partition coefficient (Wildman–Crippen LogP) is 7.31. The van der Waals surface area contributed by atoms with Crippen molar-refractivity contribution in [2.45, 2.75) is 18.9 Å². The molecule has 2 atom stereocenters. The Bertz CT molecular complexity index is 975. The van der Waals surface area contributed by atoms with Gasteiger partial charge < -0.3 is 4.90 Å². The first-order valence-electron chi connectivity index (χ1n) is 10.3. The van der Waals surface area contributed by atoms with Crippen molar-refractivity contribution in [1.29, 1.82) is 0 Å². The Morgan fingerprint density at radius 1 is 0.867 bits per heavy atom. The molecule has 0 amide bonds. The van der Waals surface area contributed by atoms with E-state index in [4.69, 9.17) is 34.8 Å². The van der Waals surface area contributed by atoms with Crippen LogP contribution in [0.25, 0.3) is 0 Å². The Morgan fingerprint density at radius 3 is 2.27 bits per heavy atom. The smallest absolute Gasteiger partial charge is 0.0670 e. The van der Waals surface area contributed by atoms with E-state index in [1.165, 1.54) is 11.1 Å². The maximum absolute atomic E-state index is 6.58. The van der Waals surface area contributed by atoms with E-state index in [1.807, 2.05) is 30.3 Å². The highest BCUT2D eigenvalue weighted by molar-refractivity contribution is 6.36. The number of benzene rings is 3. The minimum absolute atomic E-state index is 0.192. The normalized spacial score (nSPS) is 18.4. The fourth-order valence-electron chi connectivity index (χ4n) is 4.25. The van der Waals surface area contributed by atoms with Gasteiger partial charge in [-0.05, 0) is 47.4 Å². The molecule has 30 heavy (non-hydrogen) atoms. The second-order valence-electron chi connectivity index (χ2n) is 7.93. The third-order valence-electron chi connectivity index (χ3n) is 5.84. The summed E-state index contributed by atoms with van der Waals surface area (Å²) in [5.74, 6) is 0.475. The highest BCUT2D eigenvalue weighted by Crippen LogP contribution is 2.37. The van der Waals surface area contributed by atoms with Gasteiger partial charge in [0, 0.05) is 36.2 Å². The summed E-state index contributed by atoms with van der Waals surface area (Å²) < 4.78 is 0. The molecule has 1 heterocycles. The zero-order chi connectivity index (χ0) is 21.1. The lowest BCUT2D eigenvalue weighted by molar-refractivity contribution is 0.214. The fourth-order valence-corrected chi connectivity index (χ4v) is 4.90. The van der Waals surface area contributed by atoms with E-state index in [9.17, 15) is 0 Å². The lowest BCUT2D eigenvalue weighted by Gasteiger charge is -2.44. The van der Waals surface area contributed by atoms with E-state index in [-0.39, 0.29) is 6.04 Å². The summed E-state index contributed by atoms with van der Waals surface area (Å²) in [5, 5.41) is 2.09. The Balaban J connectivity index is 1.59. The third kappa shape index (κ3) is 4.95. The molecule has 1 aliphatic heterocycles. The second kappa shape index (κ2) is 9.62. The molecule has 1 saturated heterocycles. The van der Waals surface area contributed by atoms with E-state index in [2.05, 4.69) is 59.2 Å². The van der Waals surface area contributed by atoms with Crippen LogP contribution >= 0.6 is 34.8 Å². The molecule has 0 aromatic heterocycles. The molecular weight excluding hydrogens is 435 g/mol. The number of anilines is 1. The van der Waals surface area contributed by atoms with Crippen LogP contribution in [0.4, 0.5) is 5.69 Å². The quantitative estimate of drug-likeness (QED) is 0.394. The minimum Gasteiger partial charge on any atom is -0.361 e. The Hall–Kier alpha value is -1.71. The molecule has 3 aromatic carbocycles. The van der Waals surface area contributed by atoms with E-state index in [0.717, 1.165) is 36.9 Å². The summed E-state index contributed by atoms with van der Waals surface area (Å²) in [5.41, 5.74) is 3.64. The van der Waals surface area contributed by atoms with E-state index >= 15 is 0 Å². The third-order valence-corrected chi connectivity index (χ3v) is 6.63. The molecule has 2 nitrogen and oxygen atoms in total. The zero-order valence-corrected chi connectivity index (χ0v) is 19.2. The number of nitrogens with zero attached hydrogens (tertiary/aromatic N) is 2. The molecule has 1 unspecified atom stereocenters. The fraction of sp³-hybridized carbons (Fsp3) is 0.280. The van der Waals surface area contributed by atoms with Crippen molar-refractivity contribution < 1.29 is 0 Å². The van der Waals surface area contributed by atoms with Gasteiger partial charge in [-0.1, -0.05) is 84.2 Å². The van der Waals surface area contributed by atoms with Crippen LogP contribution in [0, 0.1) is 0 Å². The van der Waals surface area contributed by atoms with Gasteiger partial charge in [-0.3, -0.25) is 4.90 Å². The van der Waals surface area contributed by atoms with Gasteiger partial charge in [0.2, 0.25) is 0 Å². The molecular formula is C25H25Cl3N2. The van der Waals surface area contributed by atoms with Crippen LogP contribution in [0.15, 0.2) is 72.8 Å². The molecule has 0 spiro atoms. The highest BCUT2D eigenvalue weighted by atomic mass is 35.5. The number of hydrogen-bond donors (Lipinski definition) is 0. The molecule has 0 saturated carbocycles. The van der Waals surface area contributed by atoms with Crippen LogP contribution < -0.4 is 4.90 Å². The molecule has 5 heteroatoms. The Kier molecular flexibility index (Phi) is 6.90. The first kappa shape index (κ1) is 21.5. The van der Waals surface area contributed by atoms with Crippen LogP contribution in [0.3, 0.4) is 0 Å². The zero-order valence-electron chi connectivity index (χ0n) is 16.9. The van der Waals surface area contributed by atoms with Crippen LogP contribution in [0.5, 0.6) is 0 Å². The lowest BCUT2D eigenvalue weighted by Crippen LogP contribution is -2.49. The van der Waals surface area contributed by atoms with Gasteiger partial charge in [0.05, 0.1) is 16.8 Å². The number of rotatable bonds is 5. The first-order chi connectivity index (χ1) is 14.5. The standard InChI is InChI=1S/C25H25Cl3N2/c1-18(19-5-3-2-4-6-19)16-29-13-14-30(24-12-11-22(27)15-23(24)28)25(17-29)20-7-9-21(26)10-8-20/h2-12,15,18,25H,13-14,16-17H2,1H3/t18-,25?/m1/s1. The summed E-state index contributed by atoms with van der Waals surface area (Å²) in [7, 11) is 0. The molecule has 3 aromatic rings. The van der Waals surface area contributed by atoms with Crippen LogP contribution in [-0.2, 0) is 0 Å². The second-order valence-corrected chi connectivity index (χ2v) is 9.21. The summed E-state index contributed by atoms with van der Waals surface area (Å²) in [6.07, 6.45) is 0. The van der Waals surface area contributed by atoms with Crippen molar-refractivity contribution in [2.24, 2.45) is 0 Å². The summed E-state index contributed by atoms with van der Waals surface area (Å²) in [4.78, 5) is 4.95. The summed E-state index contributed by atoms with van der Waals surface area (Å²) >= 11 is 18.9. The topological polar surface area (TPSA) is 6.48 Å². The van der Waals surface area contributed by atoms with Crippen molar-refractivity contribution in [3.05, 3.63) is 99.0 Å². The van der Waals surface area contributed by atoms with Gasteiger partial charge >= 0.3 is 0 Å². The van der Waals surface area contributed by atoms with Gasteiger partial charge in [-0.25, -0.2) is 0 Å². The minimum atomic E-state index is 0.192. The van der Waals surface area contributed by atoms with Gasteiger partial charge in [-0.15, -0.1) is 0 Å². The lowest BCUT2D eigenvalue weighted by atomic mass is 9.97. The molecule has 0 aliphatic carbocycles. The van der Waals surface area contributed by atoms with Gasteiger partial charge in [0.15, 0.2) is 0 Å². The van der Waals surface area contributed by atoms with Gasteiger partial charge in [0.25, 0.3) is 0 Å². The van der Waals surface area contributed by atoms with Gasteiger partial charge in [0.1, 0.15) is 0 Å². The van der Waals surface area contributed by atoms with Crippen molar-refractivity contribution in [2.75, 3.05) is 31.1 Å². The molecule has 1 aliphatic rings. The highest BCUT2D eigenvalue weighted by Gasteiger charge is 2.30. The monoisotopic (exact) mass is 458 g/mol. The van der Waals surface area contributed by atoms with Crippen LogP contribution in [0.2, 0.25) is 15.1 Å². The molecule has 156 valence electrons. The van der Waals surface area contributed by atoms with Crippen molar-refractivity contribution >= 4 is 40.5 Å². The van der Waals surface area contributed by atoms with Crippen LogP contribution in [0.1, 0.15) is 30.0 Å². The van der Waals surface area contributed by atoms with Crippen molar-refractivity contribution in [1.82, 2.24) is 4.90 Å². The average Bonchev–Trinajstić information content (AvgIpc) is 2.75. The first-order valence-corrected chi connectivity index (χ1v) is 11.4. The SMILES string of the molecule is C[C@H](CN1CCN(c2ccc(Cl)cc2Cl)C(c2ccc(Cl)cc2)C1)c1ccccc1. The molecule has 4 rings (SSSR count). The summed E-state index contributed by atoms with van der Waals surface area (Å²) in [6.45, 7) is 6.14. The van der Waals surface area contributed by atoms with E-state index in [1.54, 1.807) is 0 Å². The van der Waals surface area contributed by atoms with Gasteiger partial charge in [-0.2, -0.15) is 0 Å². The Morgan fingerprint density at radius 2 is 1.57 bits per heavy atom. The van der Waals surface area contributed by atoms with Crippen molar-refractivity contribution in [3.63, 3.8) is 0 Å². The molecule has 0 bridgehead atoms. The average molecular weight is 460 g/mol. The molecule has 1 fully saturated rings. The predicted molar refractivity (Wildman–Crippen MR) is 129 cm³/mol. The largest absolute Gasteiger partial charge is 0.361 e. The maximum atomic E-state index is 6.58. The molecule has 0 N–H and O–H groups in total. The Labute approximate surface area is 194 Å².